The molecular weight excluding hydrogens is 320 g/mol. The molecule has 6 heteroatoms. The number of β-amino-alcohol motifs (C(OH)–C–C–N with tert-alkyl or cyclic N) is 1. The number of rotatable bonds is 5. The van der Waals surface area contributed by atoms with Crippen molar-refractivity contribution in [3.63, 3.8) is 0 Å². The highest BCUT2D eigenvalue weighted by atomic mass is 16.5. The molecule has 2 aliphatic heterocycles. The molecule has 1 aromatic rings. The fourth-order valence-corrected chi connectivity index (χ4v) is 3.49. The molecule has 0 radical (unpaired) electrons. The van der Waals surface area contributed by atoms with Crippen molar-refractivity contribution in [2.45, 2.75) is 25.4 Å². The summed E-state index contributed by atoms with van der Waals surface area (Å²) in [5, 5.41) is 10.9. The number of nitrogens with zero attached hydrogens (tertiary/aromatic N) is 2. The minimum atomic E-state index is -0.909. The average Bonchev–Trinajstić information content (AvgIpc) is 2.61. The number of ether oxygens (including phenoxy) is 2. The lowest BCUT2D eigenvalue weighted by Crippen LogP contribution is -2.54. The van der Waals surface area contributed by atoms with Gasteiger partial charge < -0.3 is 19.5 Å². The van der Waals surface area contributed by atoms with Crippen LogP contribution in [-0.4, -0.2) is 79.0 Å². The maximum Gasteiger partial charge on any atom is 0.236 e. The van der Waals surface area contributed by atoms with Gasteiger partial charge in [-0.3, -0.25) is 9.69 Å². The molecule has 2 saturated heterocycles. The van der Waals surface area contributed by atoms with Crippen LogP contribution in [0.25, 0.3) is 0 Å². The van der Waals surface area contributed by atoms with Gasteiger partial charge in [-0.2, -0.15) is 0 Å². The average molecular weight is 348 g/mol. The molecule has 3 rings (SSSR count). The molecule has 25 heavy (non-hydrogen) atoms. The van der Waals surface area contributed by atoms with Gasteiger partial charge in [-0.25, -0.2) is 0 Å². The Kier molecular flexibility index (Phi) is 5.93. The number of carbonyl (C=O) groups excluding carboxylic acids is 1. The first-order chi connectivity index (χ1) is 12.0. The van der Waals surface area contributed by atoms with Crippen LogP contribution in [0, 0.1) is 6.92 Å². The molecule has 1 atom stereocenters. The van der Waals surface area contributed by atoms with E-state index < -0.39 is 5.60 Å². The quantitative estimate of drug-likeness (QED) is 0.862. The number of hydrogen-bond acceptors (Lipinski definition) is 5. The fraction of sp³-hybridized carbons (Fsp3) is 0.632. The van der Waals surface area contributed by atoms with Crippen LogP contribution in [0.4, 0.5) is 0 Å². The Labute approximate surface area is 149 Å². The number of amides is 1. The first-order valence-corrected chi connectivity index (χ1v) is 9.04. The fourth-order valence-electron chi connectivity index (χ4n) is 3.49. The van der Waals surface area contributed by atoms with Crippen LogP contribution < -0.4 is 4.74 Å². The summed E-state index contributed by atoms with van der Waals surface area (Å²) < 4.78 is 11.1. The lowest BCUT2D eigenvalue weighted by atomic mass is 9.93. The summed E-state index contributed by atoms with van der Waals surface area (Å²) in [6.45, 7) is 6.46. The molecule has 0 aromatic heterocycles. The second-order valence-corrected chi connectivity index (χ2v) is 7.14. The van der Waals surface area contributed by atoms with Gasteiger partial charge in [0.2, 0.25) is 5.91 Å². The van der Waals surface area contributed by atoms with Crippen molar-refractivity contribution in [2.75, 3.05) is 52.5 Å². The molecule has 1 N–H and O–H groups in total. The van der Waals surface area contributed by atoms with E-state index in [0.29, 0.717) is 45.8 Å². The molecule has 1 amide bonds. The maximum absolute atomic E-state index is 12.4. The first-order valence-electron chi connectivity index (χ1n) is 9.04. The topological polar surface area (TPSA) is 62.2 Å². The van der Waals surface area contributed by atoms with Crippen LogP contribution in [0.2, 0.25) is 0 Å². The van der Waals surface area contributed by atoms with E-state index in [1.807, 2.05) is 41.0 Å². The SMILES string of the molecule is Cc1cccc(OCC2(O)CCCN(CC(=O)N3CCOCC3)C2)c1. The Hall–Kier alpha value is -1.63. The standard InChI is InChI=1S/C19H28N2O4/c1-16-4-2-5-17(12-16)25-15-19(23)6-3-7-20(14-19)13-18(22)21-8-10-24-11-9-21/h2,4-5,12,23H,3,6-11,13-15H2,1H3. The maximum atomic E-state index is 12.4. The zero-order valence-electron chi connectivity index (χ0n) is 14.9. The summed E-state index contributed by atoms with van der Waals surface area (Å²) in [4.78, 5) is 16.3. The number of likely N-dealkylation sites (tertiary alicyclic amines) is 1. The Bertz CT molecular complexity index is 589. The highest BCUT2D eigenvalue weighted by Crippen LogP contribution is 2.23. The van der Waals surface area contributed by atoms with Crippen molar-refractivity contribution in [1.29, 1.82) is 0 Å². The van der Waals surface area contributed by atoms with Crippen molar-refractivity contribution in [3.05, 3.63) is 29.8 Å². The Morgan fingerprint density at radius 1 is 1.32 bits per heavy atom. The first kappa shape index (κ1) is 18.2. The molecule has 2 heterocycles. The van der Waals surface area contributed by atoms with E-state index in [0.717, 1.165) is 24.3 Å². The van der Waals surface area contributed by atoms with E-state index in [1.165, 1.54) is 0 Å². The summed E-state index contributed by atoms with van der Waals surface area (Å²) >= 11 is 0. The van der Waals surface area contributed by atoms with Gasteiger partial charge >= 0.3 is 0 Å². The third-order valence-electron chi connectivity index (χ3n) is 4.85. The molecule has 2 fully saturated rings. The number of hydrogen-bond donors (Lipinski definition) is 1. The number of benzene rings is 1. The predicted octanol–water partition coefficient (Wildman–Crippen LogP) is 1.06. The molecule has 0 aliphatic carbocycles. The summed E-state index contributed by atoms with van der Waals surface area (Å²) in [7, 11) is 0. The second kappa shape index (κ2) is 8.17. The third kappa shape index (κ3) is 5.17. The molecule has 0 saturated carbocycles. The number of aliphatic hydroxyl groups is 1. The van der Waals surface area contributed by atoms with Gasteiger partial charge in [0, 0.05) is 19.6 Å². The monoisotopic (exact) mass is 348 g/mol. The molecule has 2 aliphatic rings. The van der Waals surface area contributed by atoms with E-state index in [4.69, 9.17) is 9.47 Å². The van der Waals surface area contributed by atoms with Gasteiger partial charge in [0.25, 0.3) is 0 Å². The minimum absolute atomic E-state index is 0.118. The van der Waals surface area contributed by atoms with Gasteiger partial charge in [0.15, 0.2) is 0 Å². The van der Waals surface area contributed by atoms with Crippen molar-refractivity contribution >= 4 is 5.91 Å². The van der Waals surface area contributed by atoms with Gasteiger partial charge in [-0.05, 0) is 44.0 Å². The Morgan fingerprint density at radius 3 is 2.88 bits per heavy atom. The zero-order valence-corrected chi connectivity index (χ0v) is 14.9. The van der Waals surface area contributed by atoms with Crippen molar-refractivity contribution in [1.82, 2.24) is 9.80 Å². The summed E-state index contributed by atoms with van der Waals surface area (Å²) in [6.07, 6.45) is 1.56. The van der Waals surface area contributed by atoms with Gasteiger partial charge in [0.1, 0.15) is 18.0 Å². The smallest absolute Gasteiger partial charge is 0.236 e. The Morgan fingerprint density at radius 2 is 2.12 bits per heavy atom. The third-order valence-corrected chi connectivity index (χ3v) is 4.85. The number of aryl methyl sites for hydroxylation is 1. The minimum Gasteiger partial charge on any atom is -0.491 e. The second-order valence-electron chi connectivity index (χ2n) is 7.14. The molecule has 138 valence electrons. The lowest BCUT2D eigenvalue weighted by Gasteiger charge is -2.39. The highest BCUT2D eigenvalue weighted by molar-refractivity contribution is 5.78. The number of piperidine rings is 1. The molecule has 1 unspecified atom stereocenters. The van der Waals surface area contributed by atoms with E-state index in [1.54, 1.807) is 0 Å². The predicted molar refractivity (Wildman–Crippen MR) is 94.7 cm³/mol. The van der Waals surface area contributed by atoms with Crippen LogP contribution in [0.5, 0.6) is 5.75 Å². The van der Waals surface area contributed by atoms with Crippen LogP contribution in [-0.2, 0) is 9.53 Å². The van der Waals surface area contributed by atoms with Crippen LogP contribution in [0.15, 0.2) is 24.3 Å². The molecule has 0 spiro atoms. The molecule has 1 aromatic carbocycles. The van der Waals surface area contributed by atoms with Crippen LogP contribution in [0.3, 0.4) is 0 Å². The normalized spacial score (nSPS) is 25.0. The van der Waals surface area contributed by atoms with E-state index >= 15 is 0 Å². The molecular formula is C19H28N2O4. The van der Waals surface area contributed by atoms with Crippen LogP contribution in [0.1, 0.15) is 18.4 Å². The highest BCUT2D eigenvalue weighted by Gasteiger charge is 2.35. The van der Waals surface area contributed by atoms with Gasteiger partial charge in [0.05, 0.1) is 19.8 Å². The summed E-state index contributed by atoms with van der Waals surface area (Å²) in [6, 6.07) is 7.83. The Balaban J connectivity index is 1.51. The molecule has 0 bridgehead atoms. The van der Waals surface area contributed by atoms with E-state index in [-0.39, 0.29) is 12.5 Å². The summed E-state index contributed by atoms with van der Waals surface area (Å²) in [5.41, 5.74) is 0.221. The largest absolute Gasteiger partial charge is 0.491 e. The number of morpholine rings is 1. The molecule has 6 nitrogen and oxygen atoms in total. The number of carbonyl (C=O) groups is 1. The van der Waals surface area contributed by atoms with E-state index in [2.05, 4.69) is 0 Å². The van der Waals surface area contributed by atoms with Crippen molar-refractivity contribution in [3.8, 4) is 5.75 Å². The van der Waals surface area contributed by atoms with Crippen molar-refractivity contribution < 1.29 is 19.4 Å². The zero-order chi connectivity index (χ0) is 17.7. The van der Waals surface area contributed by atoms with Gasteiger partial charge in [-0.1, -0.05) is 12.1 Å². The lowest BCUT2D eigenvalue weighted by molar-refractivity contribution is -0.138. The summed E-state index contributed by atoms with van der Waals surface area (Å²) in [5.74, 6) is 0.891. The van der Waals surface area contributed by atoms with Crippen molar-refractivity contribution in [2.24, 2.45) is 0 Å². The van der Waals surface area contributed by atoms with Gasteiger partial charge in [-0.15, -0.1) is 0 Å². The van der Waals surface area contributed by atoms with E-state index in [9.17, 15) is 9.90 Å². The van der Waals surface area contributed by atoms with Crippen LogP contribution >= 0.6 is 0 Å².